The molecule has 0 aromatic carbocycles. The zero-order valence-corrected chi connectivity index (χ0v) is 6.81. The van der Waals surface area contributed by atoms with Gasteiger partial charge < -0.3 is 0 Å². The number of nitrogens with one attached hydrogen (secondary N) is 2. The molecular formula is C5H6ClFN2S. The normalized spacial score (nSPS) is 9.90. The quantitative estimate of drug-likeness (QED) is 0.540. The Morgan fingerprint density at radius 3 is 2.80 bits per heavy atom. The highest BCUT2D eigenvalue weighted by Gasteiger charge is 2.00. The fraction of sp³-hybridized carbons (Fsp3) is 0.200. The van der Waals surface area contributed by atoms with Gasteiger partial charge in [0, 0.05) is 4.88 Å². The summed E-state index contributed by atoms with van der Waals surface area (Å²) >= 11 is 7.08. The smallest absolute Gasteiger partial charge is 0.106 e. The van der Waals surface area contributed by atoms with E-state index in [9.17, 15) is 4.48 Å². The molecule has 0 saturated heterocycles. The van der Waals surface area contributed by atoms with Crippen LogP contribution in [0.15, 0.2) is 6.07 Å². The number of halogens is 2. The van der Waals surface area contributed by atoms with Crippen LogP contribution in [0.3, 0.4) is 0 Å². The molecule has 0 unspecified atom stereocenters. The highest BCUT2D eigenvalue weighted by atomic mass is 35.5. The molecule has 0 bridgehead atoms. The number of rotatable bonds is 2. The molecule has 1 heterocycles. The van der Waals surface area contributed by atoms with E-state index < -0.39 is 0 Å². The van der Waals surface area contributed by atoms with Gasteiger partial charge in [0.1, 0.15) is 5.00 Å². The summed E-state index contributed by atoms with van der Waals surface area (Å²) < 4.78 is 11.4. The van der Waals surface area contributed by atoms with Gasteiger partial charge in [0.05, 0.1) is 5.02 Å². The molecule has 0 aliphatic carbocycles. The van der Waals surface area contributed by atoms with Crippen molar-refractivity contribution < 1.29 is 4.48 Å². The maximum absolute atomic E-state index is 11.4. The Balaban J connectivity index is 2.77. The van der Waals surface area contributed by atoms with Gasteiger partial charge in [-0.2, -0.15) is 0 Å². The van der Waals surface area contributed by atoms with E-state index in [1.54, 1.807) is 6.07 Å². The van der Waals surface area contributed by atoms with Crippen molar-refractivity contribution in [2.75, 3.05) is 5.43 Å². The van der Waals surface area contributed by atoms with Crippen LogP contribution in [0.1, 0.15) is 4.88 Å². The van der Waals surface area contributed by atoms with Crippen molar-refractivity contribution in [3.05, 3.63) is 16.0 Å². The number of hydrogen-bond acceptors (Lipinski definition) is 3. The summed E-state index contributed by atoms with van der Waals surface area (Å²) in [5.41, 5.74) is 3.61. The van der Waals surface area contributed by atoms with E-state index in [1.807, 2.05) is 6.92 Å². The summed E-state index contributed by atoms with van der Waals surface area (Å²) in [4.78, 5) is 0.972. The molecule has 2 nitrogen and oxygen atoms in total. The summed E-state index contributed by atoms with van der Waals surface area (Å²) in [6, 6.07) is 1.66. The molecule has 5 heteroatoms. The third-order valence-corrected chi connectivity index (χ3v) is 2.50. The predicted octanol–water partition coefficient (Wildman–Crippen LogP) is 2.51. The lowest BCUT2D eigenvalue weighted by molar-refractivity contribution is 0.377. The molecule has 0 spiro atoms. The van der Waals surface area contributed by atoms with Gasteiger partial charge in [0.15, 0.2) is 0 Å². The number of thiophene rings is 1. The molecule has 0 radical (unpaired) electrons. The molecule has 0 atom stereocenters. The van der Waals surface area contributed by atoms with Gasteiger partial charge in [-0.05, 0) is 13.0 Å². The Bertz CT molecular complexity index is 206. The average molecular weight is 181 g/mol. The second kappa shape index (κ2) is 3.18. The molecule has 0 aliphatic rings. The topological polar surface area (TPSA) is 24.1 Å². The molecule has 1 aromatic rings. The van der Waals surface area contributed by atoms with Crippen molar-refractivity contribution in [3.8, 4) is 0 Å². The van der Waals surface area contributed by atoms with Crippen molar-refractivity contribution in [1.82, 2.24) is 5.65 Å². The third kappa shape index (κ3) is 1.59. The van der Waals surface area contributed by atoms with Crippen molar-refractivity contribution in [1.29, 1.82) is 0 Å². The lowest BCUT2D eigenvalue weighted by atomic mass is 10.5. The van der Waals surface area contributed by atoms with E-state index in [1.165, 1.54) is 17.0 Å². The minimum Gasteiger partial charge on any atom is -0.285 e. The van der Waals surface area contributed by atoms with Gasteiger partial charge in [-0.25, -0.2) is 0 Å². The number of hydrazine groups is 1. The van der Waals surface area contributed by atoms with Crippen LogP contribution in [0.4, 0.5) is 9.48 Å². The summed E-state index contributed by atoms with van der Waals surface area (Å²) in [5, 5.41) is 1.33. The predicted molar refractivity (Wildman–Crippen MR) is 41.9 cm³/mol. The van der Waals surface area contributed by atoms with Gasteiger partial charge >= 0.3 is 0 Å². The molecule has 1 rings (SSSR count). The number of aryl methyl sites for hydroxylation is 1. The van der Waals surface area contributed by atoms with Crippen LogP contribution in [0, 0.1) is 6.92 Å². The van der Waals surface area contributed by atoms with Gasteiger partial charge in [-0.3, -0.25) is 5.43 Å². The first-order valence-electron chi connectivity index (χ1n) is 2.61. The molecule has 1 aromatic heterocycles. The second-order valence-corrected chi connectivity index (χ2v) is 3.40. The molecule has 0 fully saturated rings. The summed E-state index contributed by atoms with van der Waals surface area (Å²) in [6.07, 6.45) is 0. The van der Waals surface area contributed by atoms with Gasteiger partial charge in [0.2, 0.25) is 0 Å². The third-order valence-electron chi connectivity index (χ3n) is 1.03. The minimum atomic E-state index is 0.655. The first kappa shape index (κ1) is 7.78. The summed E-state index contributed by atoms with van der Waals surface area (Å²) in [7, 11) is 0. The molecule has 10 heavy (non-hydrogen) atoms. The molecule has 0 amide bonds. The Labute approximate surface area is 66.9 Å². The van der Waals surface area contributed by atoms with Gasteiger partial charge in [-0.1, -0.05) is 17.2 Å². The molecule has 0 aliphatic heterocycles. The molecule has 2 N–H and O–H groups in total. The molecule has 0 saturated carbocycles. The number of anilines is 1. The van der Waals surface area contributed by atoms with Crippen LogP contribution < -0.4 is 11.1 Å². The number of hydrogen-bond donors (Lipinski definition) is 2. The Hall–Kier alpha value is -0.320. The largest absolute Gasteiger partial charge is 0.285 e. The van der Waals surface area contributed by atoms with E-state index in [-0.39, 0.29) is 0 Å². The van der Waals surface area contributed by atoms with Crippen LogP contribution >= 0.6 is 22.9 Å². The van der Waals surface area contributed by atoms with Gasteiger partial charge in [-0.15, -0.1) is 15.8 Å². The minimum absolute atomic E-state index is 0.655. The Kier molecular flexibility index (Phi) is 2.48. The highest BCUT2D eigenvalue weighted by molar-refractivity contribution is 7.16. The highest BCUT2D eigenvalue weighted by Crippen LogP contribution is 2.29. The van der Waals surface area contributed by atoms with E-state index in [0.717, 1.165) is 4.88 Å². The van der Waals surface area contributed by atoms with E-state index in [2.05, 4.69) is 5.43 Å². The average Bonchev–Trinajstić information content (AvgIpc) is 2.14. The fourth-order valence-corrected chi connectivity index (χ4v) is 1.61. The van der Waals surface area contributed by atoms with Crippen molar-refractivity contribution >= 4 is 27.9 Å². The molecular weight excluding hydrogens is 175 g/mol. The van der Waals surface area contributed by atoms with Gasteiger partial charge in [0.25, 0.3) is 0 Å². The zero-order chi connectivity index (χ0) is 7.56. The lowest BCUT2D eigenvalue weighted by Gasteiger charge is -1.92. The maximum Gasteiger partial charge on any atom is 0.106 e. The standard InChI is InChI=1S/C5H6ClFN2S/c1-3-4(6)2-5(10-3)8-9-7/h2,8-9H,1H3. The zero-order valence-electron chi connectivity index (χ0n) is 5.24. The summed E-state index contributed by atoms with van der Waals surface area (Å²) in [5.74, 6) is 0. The van der Waals surface area contributed by atoms with Crippen LogP contribution in [0.5, 0.6) is 0 Å². The lowest BCUT2D eigenvalue weighted by Crippen LogP contribution is -2.07. The van der Waals surface area contributed by atoms with E-state index in [4.69, 9.17) is 11.6 Å². The van der Waals surface area contributed by atoms with Crippen LogP contribution in [-0.4, -0.2) is 0 Å². The van der Waals surface area contributed by atoms with Crippen molar-refractivity contribution in [2.45, 2.75) is 6.92 Å². The summed E-state index contributed by atoms with van der Waals surface area (Å²) in [6.45, 7) is 1.87. The Morgan fingerprint density at radius 2 is 2.40 bits per heavy atom. The van der Waals surface area contributed by atoms with E-state index >= 15 is 0 Å². The van der Waals surface area contributed by atoms with Crippen molar-refractivity contribution in [2.24, 2.45) is 0 Å². The van der Waals surface area contributed by atoms with Crippen LogP contribution in [-0.2, 0) is 0 Å². The first-order chi connectivity index (χ1) is 4.74. The SMILES string of the molecule is Cc1sc(NNF)cc1Cl. The van der Waals surface area contributed by atoms with Crippen LogP contribution in [0.25, 0.3) is 0 Å². The first-order valence-corrected chi connectivity index (χ1v) is 3.81. The van der Waals surface area contributed by atoms with Crippen LogP contribution in [0.2, 0.25) is 5.02 Å². The van der Waals surface area contributed by atoms with E-state index in [0.29, 0.717) is 10.0 Å². The molecule has 56 valence electrons. The van der Waals surface area contributed by atoms with Crippen molar-refractivity contribution in [3.63, 3.8) is 0 Å². The Morgan fingerprint density at radius 1 is 1.70 bits per heavy atom. The monoisotopic (exact) mass is 180 g/mol. The fourth-order valence-electron chi connectivity index (χ4n) is 0.568. The maximum atomic E-state index is 11.4. The second-order valence-electron chi connectivity index (χ2n) is 1.73.